The Morgan fingerprint density at radius 2 is 1.59 bits per heavy atom. The van der Waals surface area contributed by atoms with Crippen molar-refractivity contribution in [2.75, 3.05) is 33.7 Å². The minimum atomic E-state index is -2.37. The van der Waals surface area contributed by atoms with Gasteiger partial charge >= 0.3 is 5.97 Å². The van der Waals surface area contributed by atoms with Crippen molar-refractivity contribution < 1.29 is 73.1 Å². The van der Waals surface area contributed by atoms with Crippen LogP contribution in [0, 0.1) is 46.3 Å². The number of aliphatic hydroxyl groups is 7. The van der Waals surface area contributed by atoms with E-state index >= 15 is 8.78 Å². The summed E-state index contributed by atoms with van der Waals surface area (Å²) < 4.78 is 52.4. The fraction of sp³-hybridized carbons (Fsp3) is 0.868. The molecule has 8 N–H and O–H groups in total. The smallest absolute Gasteiger partial charge is 0.311 e. The second kappa shape index (κ2) is 20.9. The van der Waals surface area contributed by atoms with E-state index in [0.717, 1.165) is 6.08 Å². The van der Waals surface area contributed by atoms with Gasteiger partial charge in [-0.3, -0.25) is 19.3 Å². The quantitative estimate of drug-likeness (QED) is 0.122. The molecular formula is C53H87F2N3O13. The van der Waals surface area contributed by atoms with E-state index in [2.05, 4.69) is 5.32 Å². The minimum absolute atomic E-state index is 0.0103. The molecule has 0 aromatic rings. The number of carbonyl (C=O) groups excluding carboxylic acids is 3. The molecular weight excluding hydrogens is 925 g/mol. The summed E-state index contributed by atoms with van der Waals surface area (Å²) in [4.78, 5) is 44.3. The summed E-state index contributed by atoms with van der Waals surface area (Å²) in [5, 5.41) is 87.1. The Hall–Kier alpha value is -2.49. The number of nitrogens with zero attached hydrogens (tertiary/aromatic N) is 2. The molecule has 2 heterocycles. The number of aliphatic hydroxyl groups excluding tert-OH is 4. The molecule has 6 rings (SSSR count). The molecule has 18 heteroatoms. The van der Waals surface area contributed by atoms with E-state index in [4.69, 9.17) is 14.2 Å². The highest BCUT2D eigenvalue weighted by Gasteiger charge is 2.77. The van der Waals surface area contributed by atoms with Crippen molar-refractivity contribution in [1.29, 1.82) is 0 Å². The molecule has 3 saturated carbocycles. The summed E-state index contributed by atoms with van der Waals surface area (Å²) in [7, 11) is 3.68. The number of amides is 1. The Morgan fingerprint density at radius 3 is 2.21 bits per heavy atom. The lowest BCUT2D eigenvalue weighted by Gasteiger charge is -2.63. The van der Waals surface area contributed by atoms with Gasteiger partial charge in [-0.15, -0.1) is 0 Å². The van der Waals surface area contributed by atoms with E-state index < -0.39 is 136 Å². The zero-order valence-electron chi connectivity index (χ0n) is 44.3. The van der Waals surface area contributed by atoms with Crippen LogP contribution in [0.4, 0.5) is 8.78 Å². The molecule has 2 aliphatic heterocycles. The van der Waals surface area contributed by atoms with E-state index in [9.17, 15) is 50.1 Å². The first kappa shape index (κ1) is 57.8. The average molecular weight is 1010 g/mol. The maximum absolute atomic E-state index is 17.8. The summed E-state index contributed by atoms with van der Waals surface area (Å²) in [6.45, 7) is 18.6. The monoisotopic (exact) mass is 1010 g/mol. The Bertz CT molecular complexity index is 2010. The molecule has 0 aromatic heterocycles. The van der Waals surface area contributed by atoms with E-state index in [-0.39, 0.29) is 81.8 Å². The molecule has 0 radical (unpaired) electrons. The number of carbonyl (C=O) groups is 3. The van der Waals surface area contributed by atoms with Crippen molar-refractivity contribution in [3.05, 3.63) is 23.8 Å². The number of hydrogen-bond acceptors (Lipinski definition) is 15. The number of rotatable bonds is 9. The number of hydrogen-bond donors (Lipinski definition) is 8. The number of ketones is 1. The molecule has 5 fully saturated rings. The van der Waals surface area contributed by atoms with Crippen molar-refractivity contribution in [2.45, 2.75) is 211 Å². The third kappa shape index (κ3) is 9.97. The van der Waals surface area contributed by atoms with Crippen molar-refractivity contribution in [2.24, 2.45) is 46.3 Å². The van der Waals surface area contributed by atoms with Gasteiger partial charge in [0.1, 0.15) is 30.1 Å². The summed E-state index contributed by atoms with van der Waals surface area (Å²) in [6.07, 6.45) is -7.07. The van der Waals surface area contributed by atoms with Crippen LogP contribution in [0.1, 0.15) is 121 Å². The zero-order valence-corrected chi connectivity index (χ0v) is 44.3. The number of ether oxygens (including phenoxy) is 3. The predicted molar refractivity (Wildman–Crippen MR) is 260 cm³/mol. The van der Waals surface area contributed by atoms with Gasteiger partial charge in [-0.1, -0.05) is 40.7 Å². The molecule has 2 saturated heterocycles. The van der Waals surface area contributed by atoms with Crippen LogP contribution in [0.25, 0.3) is 0 Å². The lowest BCUT2D eigenvalue weighted by atomic mass is 9.44. The van der Waals surface area contributed by atoms with E-state index in [1.807, 2.05) is 37.7 Å². The molecule has 0 aromatic carbocycles. The SMILES string of the molecule is CC[C@H]1OC(=O)[C@H](C)[C@@H](O)[C@H](C)[C@@H](O[C@@H]2O[C@H](C)C[C@@H](N(C)C)[C@H]2O)[C@](C)(O)C[C@@H](C)CN(CCCNC(=O)[C@@]2(O)[C@H](C)CC3C4C[C@H](F)C5=CC(=O)C=C[C@]5(C)[C@@]4(F)[C@@H](O)C[C@@]32C)[C@H](C)[C@@H](O)[C@]1(C)O. The van der Waals surface area contributed by atoms with E-state index in [1.165, 1.54) is 32.9 Å². The maximum atomic E-state index is 17.8. The Morgan fingerprint density at radius 1 is 0.944 bits per heavy atom. The second-order valence-electron chi connectivity index (χ2n) is 24.0. The second-order valence-corrected chi connectivity index (χ2v) is 24.0. The van der Waals surface area contributed by atoms with Crippen LogP contribution < -0.4 is 5.32 Å². The Balaban J connectivity index is 1.23. The zero-order chi connectivity index (χ0) is 53.3. The molecule has 406 valence electrons. The van der Waals surface area contributed by atoms with Crippen LogP contribution >= 0.6 is 0 Å². The van der Waals surface area contributed by atoms with Crippen LogP contribution in [0.3, 0.4) is 0 Å². The molecule has 1 amide bonds. The fourth-order valence-corrected chi connectivity index (χ4v) is 14.5. The summed E-state index contributed by atoms with van der Waals surface area (Å²) >= 11 is 0. The van der Waals surface area contributed by atoms with Gasteiger partial charge in [-0.05, 0) is 136 Å². The average Bonchev–Trinajstić information content (AvgIpc) is 3.49. The van der Waals surface area contributed by atoms with Crippen molar-refractivity contribution in [3.63, 3.8) is 0 Å². The topological polar surface area (TPSA) is 239 Å². The van der Waals surface area contributed by atoms with Gasteiger partial charge in [0.2, 0.25) is 0 Å². The molecule has 23 atom stereocenters. The lowest BCUT2D eigenvalue weighted by molar-refractivity contribution is -0.299. The van der Waals surface area contributed by atoms with Crippen LogP contribution in [-0.2, 0) is 28.6 Å². The lowest BCUT2D eigenvalue weighted by Crippen LogP contribution is -2.71. The highest BCUT2D eigenvalue weighted by molar-refractivity contribution is 6.01. The molecule has 0 spiro atoms. The van der Waals surface area contributed by atoms with E-state index in [1.54, 1.807) is 41.5 Å². The first-order chi connectivity index (χ1) is 32.8. The van der Waals surface area contributed by atoms with Gasteiger partial charge in [0.15, 0.2) is 23.3 Å². The maximum Gasteiger partial charge on any atom is 0.311 e. The fourth-order valence-electron chi connectivity index (χ4n) is 14.5. The van der Waals surface area contributed by atoms with Crippen LogP contribution in [-0.4, -0.2) is 187 Å². The third-order valence-corrected chi connectivity index (χ3v) is 18.8. The summed E-state index contributed by atoms with van der Waals surface area (Å²) in [6, 6.07) is -1.14. The number of halogens is 2. The Labute approximate surface area is 419 Å². The number of cyclic esters (lactones) is 1. The van der Waals surface area contributed by atoms with Crippen molar-refractivity contribution >= 4 is 17.7 Å². The molecule has 4 aliphatic carbocycles. The number of likely N-dealkylation sites (N-methyl/N-ethyl adjacent to an activating group) is 1. The van der Waals surface area contributed by atoms with Crippen LogP contribution in [0.2, 0.25) is 0 Å². The largest absolute Gasteiger partial charge is 0.459 e. The van der Waals surface area contributed by atoms with Gasteiger partial charge in [-0.2, -0.15) is 0 Å². The summed E-state index contributed by atoms with van der Waals surface area (Å²) in [5.41, 5.74) is -11.1. The number of alkyl halides is 2. The third-order valence-electron chi connectivity index (χ3n) is 18.8. The van der Waals surface area contributed by atoms with Gasteiger partial charge in [0.05, 0.1) is 35.9 Å². The molecule has 0 bridgehead atoms. The van der Waals surface area contributed by atoms with Gasteiger partial charge in [0.25, 0.3) is 5.91 Å². The minimum Gasteiger partial charge on any atom is -0.459 e. The first-order valence-corrected chi connectivity index (χ1v) is 26.1. The highest BCUT2D eigenvalue weighted by atomic mass is 19.1. The molecule has 16 nitrogen and oxygen atoms in total. The van der Waals surface area contributed by atoms with Crippen molar-refractivity contribution in [3.8, 4) is 0 Å². The van der Waals surface area contributed by atoms with Crippen LogP contribution in [0.15, 0.2) is 23.8 Å². The van der Waals surface area contributed by atoms with Gasteiger partial charge in [0, 0.05) is 54.4 Å². The molecule has 2 unspecified atom stereocenters. The number of fused-ring (bicyclic) bond motifs is 5. The van der Waals surface area contributed by atoms with Crippen LogP contribution in [0.5, 0.6) is 0 Å². The highest BCUT2D eigenvalue weighted by Crippen LogP contribution is 2.71. The van der Waals surface area contributed by atoms with E-state index in [0.29, 0.717) is 6.42 Å². The first-order valence-electron chi connectivity index (χ1n) is 26.1. The van der Waals surface area contributed by atoms with Crippen molar-refractivity contribution in [1.82, 2.24) is 15.1 Å². The van der Waals surface area contributed by atoms with Gasteiger partial charge in [-0.25, -0.2) is 8.78 Å². The molecule has 71 heavy (non-hydrogen) atoms. The van der Waals surface area contributed by atoms with Gasteiger partial charge < -0.3 is 60.2 Å². The summed E-state index contributed by atoms with van der Waals surface area (Å²) in [5.74, 6) is -6.93. The normalized spacial score (nSPS) is 50.2. The number of allylic oxidation sites excluding steroid dienone is 4. The Kier molecular flexibility index (Phi) is 17.0. The number of esters is 1. The molecule has 6 aliphatic rings. The predicted octanol–water partition coefficient (Wildman–Crippen LogP) is 3.15. The number of nitrogens with one attached hydrogen (secondary N) is 1. The standard InChI is InChI=1S/C53H87F2N3O13/c1-14-40-51(11,67)43(63)32(7)58(26-27(2)24-50(10,66)44(30(5)41(61)31(6)45(64)70-40)71-46-42(62)38(57(12)13)21-29(4)69-46)19-15-18-56-47(65)53(68)28(3)20-34-35-23-37(54)36-22-33(59)16-17-48(36,8)52(35,55)39(60)25-49(34,53)9/h16-17,22,27-32,34-35,37-44,46,60-63,66-68H,14-15,18-21,23-26H2,1-13H3,(H,56,65)/t27-,28-,29-,30+,31-,32-,34?,35?,37+,38-,39+,40-,41+,42-,43-,44-,46+,48+,49+,50-,51-,52+,53+/m1/s1.